The van der Waals surface area contributed by atoms with E-state index in [0.717, 1.165) is 37.4 Å². The first kappa shape index (κ1) is 13.7. The van der Waals surface area contributed by atoms with Crippen molar-refractivity contribution in [3.8, 4) is 11.5 Å². The Morgan fingerprint density at radius 1 is 1.25 bits per heavy atom. The van der Waals surface area contributed by atoms with Gasteiger partial charge < -0.3 is 18.9 Å². The number of epoxide rings is 1. The van der Waals surface area contributed by atoms with Crippen molar-refractivity contribution in [1.82, 2.24) is 4.90 Å². The van der Waals surface area contributed by atoms with Gasteiger partial charge in [-0.05, 0) is 48.7 Å². The van der Waals surface area contributed by atoms with Gasteiger partial charge in [0.2, 0.25) is 6.79 Å². The van der Waals surface area contributed by atoms with Crippen molar-refractivity contribution in [1.29, 1.82) is 0 Å². The summed E-state index contributed by atoms with van der Waals surface area (Å²) in [5, 5.41) is 0. The van der Waals surface area contributed by atoms with E-state index in [2.05, 4.69) is 29.2 Å². The van der Waals surface area contributed by atoms with Crippen LogP contribution in [0.15, 0.2) is 24.3 Å². The van der Waals surface area contributed by atoms with Gasteiger partial charge in [0.1, 0.15) is 11.7 Å². The standard InChI is InChI=1S/C19H21NO4/c1-21-13-4-5-19-17(24-19)10-20-6-2-3-12-7-15-16(23-11-22-15)8-14(12)18(19,20)9-13/h4-5,7-8,13,17H,2-3,6,9-11H2,1H3/t13-,17+,18+,19+/m0/s1. The number of rotatable bonds is 1. The topological polar surface area (TPSA) is 43.5 Å². The summed E-state index contributed by atoms with van der Waals surface area (Å²) in [6.07, 6.45) is 8.07. The molecule has 0 radical (unpaired) electrons. The Hall–Kier alpha value is -1.56. The molecular weight excluding hydrogens is 306 g/mol. The third-order valence-electron chi connectivity index (χ3n) is 6.61. The molecule has 5 nitrogen and oxygen atoms in total. The monoisotopic (exact) mass is 327 g/mol. The summed E-state index contributed by atoms with van der Waals surface area (Å²) in [5.41, 5.74) is 2.41. The molecule has 1 aromatic carbocycles. The van der Waals surface area contributed by atoms with Gasteiger partial charge in [0.15, 0.2) is 11.5 Å². The fraction of sp³-hybridized carbons (Fsp3) is 0.579. The lowest BCUT2D eigenvalue weighted by atomic mass is 9.69. The highest BCUT2D eigenvalue weighted by Gasteiger charge is 2.77. The summed E-state index contributed by atoms with van der Waals surface area (Å²) >= 11 is 0. The van der Waals surface area contributed by atoms with Crippen LogP contribution in [0.1, 0.15) is 24.0 Å². The van der Waals surface area contributed by atoms with Crippen LogP contribution in [0.25, 0.3) is 0 Å². The average molecular weight is 327 g/mol. The maximum absolute atomic E-state index is 6.27. The Morgan fingerprint density at radius 2 is 2.12 bits per heavy atom. The van der Waals surface area contributed by atoms with E-state index in [0.29, 0.717) is 12.9 Å². The predicted molar refractivity (Wildman–Crippen MR) is 86.3 cm³/mol. The molecule has 0 N–H and O–H groups in total. The van der Waals surface area contributed by atoms with Gasteiger partial charge in [-0.15, -0.1) is 0 Å². The van der Waals surface area contributed by atoms with Crippen LogP contribution >= 0.6 is 0 Å². The highest BCUT2D eigenvalue weighted by atomic mass is 16.7. The zero-order chi connectivity index (χ0) is 15.9. The van der Waals surface area contributed by atoms with Gasteiger partial charge in [-0.25, -0.2) is 0 Å². The number of aryl methyl sites for hydroxylation is 1. The number of fused-ring (bicyclic) bond motifs is 2. The molecule has 4 atom stereocenters. The van der Waals surface area contributed by atoms with Crippen LogP contribution < -0.4 is 9.47 Å². The predicted octanol–water partition coefficient (Wildman–Crippen LogP) is 1.98. The molecule has 6 rings (SSSR count). The van der Waals surface area contributed by atoms with Crippen molar-refractivity contribution in [2.24, 2.45) is 0 Å². The van der Waals surface area contributed by atoms with E-state index < -0.39 is 0 Å². The van der Waals surface area contributed by atoms with Crippen LogP contribution in [0, 0.1) is 0 Å². The second kappa shape index (κ2) is 4.34. The maximum Gasteiger partial charge on any atom is 0.231 e. The lowest BCUT2D eigenvalue weighted by molar-refractivity contribution is -0.0221. The molecule has 0 amide bonds. The molecule has 0 aromatic heterocycles. The third-order valence-corrected chi connectivity index (χ3v) is 6.61. The van der Waals surface area contributed by atoms with Crippen molar-refractivity contribution >= 4 is 0 Å². The largest absolute Gasteiger partial charge is 0.454 e. The third kappa shape index (κ3) is 1.43. The van der Waals surface area contributed by atoms with Crippen LogP contribution in [0.2, 0.25) is 0 Å². The highest BCUT2D eigenvalue weighted by molar-refractivity contribution is 5.56. The van der Waals surface area contributed by atoms with Gasteiger partial charge in [0.25, 0.3) is 0 Å². The summed E-state index contributed by atoms with van der Waals surface area (Å²) in [7, 11) is 1.80. The molecule has 5 aliphatic rings. The highest BCUT2D eigenvalue weighted by Crippen LogP contribution is 2.65. The van der Waals surface area contributed by atoms with E-state index in [1.807, 2.05) is 0 Å². The number of benzene rings is 1. The summed E-state index contributed by atoms with van der Waals surface area (Å²) in [6.45, 7) is 2.43. The van der Waals surface area contributed by atoms with Crippen molar-refractivity contribution in [3.05, 3.63) is 35.4 Å². The Bertz CT molecular complexity index is 762. The first-order valence-corrected chi connectivity index (χ1v) is 8.85. The van der Waals surface area contributed by atoms with E-state index >= 15 is 0 Å². The van der Waals surface area contributed by atoms with Crippen LogP contribution in [0.5, 0.6) is 11.5 Å². The molecule has 1 aliphatic carbocycles. The quantitative estimate of drug-likeness (QED) is 0.583. The molecule has 0 unspecified atom stereocenters. The van der Waals surface area contributed by atoms with Gasteiger partial charge in [-0.2, -0.15) is 0 Å². The van der Waals surface area contributed by atoms with E-state index in [-0.39, 0.29) is 17.2 Å². The molecule has 0 saturated carbocycles. The van der Waals surface area contributed by atoms with Gasteiger partial charge >= 0.3 is 0 Å². The molecule has 2 fully saturated rings. The van der Waals surface area contributed by atoms with E-state index in [9.17, 15) is 0 Å². The number of hydrogen-bond donors (Lipinski definition) is 0. The van der Waals surface area contributed by atoms with E-state index in [1.54, 1.807) is 7.11 Å². The molecule has 0 bridgehead atoms. The lowest BCUT2D eigenvalue weighted by Crippen LogP contribution is -2.54. The van der Waals surface area contributed by atoms with Crippen LogP contribution in [-0.2, 0) is 21.4 Å². The van der Waals surface area contributed by atoms with Gasteiger partial charge in [-0.1, -0.05) is 6.08 Å². The molecule has 4 heterocycles. The Kier molecular flexibility index (Phi) is 2.48. The zero-order valence-electron chi connectivity index (χ0n) is 13.8. The number of nitrogens with zero attached hydrogens (tertiary/aromatic N) is 1. The van der Waals surface area contributed by atoms with Gasteiger partial charge in [-0.3, -0.25) is 4.90 Å². The van der Waals surface area contributed by atoms with Crippen LogP contribution in [-0.4, -0.2) is 49.7 Å². The molecule has 2 saturated heterocycles. The van der Waals surface area contributed by atoms with Crippen LogP contribution in [0.4, 0.5) is 0 Å². The van der Waals surface area contributed by atoms with Gasteiger partial charge in [0, 0.05) is 20.1 Å². The molecule has 2 spiro atoms. The lowest BCUT2D eigenvalue weighted by Gasteiger charge is -2.47. The number of methoxy groups -OCH3 is 1. The van der Waals surface area contributed by atoms with Crippen molar-refractivity contribution in [2.75, 3.05) is 27.0 Å². The Labute approximate surface area is 141 Å². The number of morpholine rings is 1. The van der Waals surface area contributed by atoms with Crippen molar-refractivity contribution < 1.29 is 18.9 Å². The molecular formula is C19H21NO4. The van der Waals surface area contributed by atoms with Crippen molar-refractivity contribution in [2.45, 2.75) is 42.6 Å². The zero-order valence-corrected chi connectivity index (χ0v) is 13.8. The van der Waals surface area contributed by atoms with Gasteiger partial charge in [0.05, 0.1) is 11.6 Å². The summed E-state index contributed by atoms with van der Waals surface area (Å²) in [4.78, 5) is 2.64. The smallest absolute Gasteiger partial charge is 0.231 e. The first-order chi connectivity index (χ1) is 11.8. The van der Waals surface area contributed by atoms with Crippen molar-refractivity contribution in [3.63, 3.8) is 0 Å². The minimum atomic E-state index is -0.186. The molecule has 5 heteroatoms. The second-order valence-corrected chi connectivity index (χ2v) is 7.51. The summed E-state index contributed by atoms with van der Waals surface area (Å²) < 4.78 is 23.3. The minimum absolute atomic E-state index is 0.123. The second-order valence-electron chi connectivity index (χ2n) is 7.51. The summed E-state index contributed by atoms with van der Waals surface area (Å²) in [5.74, 6) is 1.75. The molecule has 1 aromatic rings. The SMILES string of the molecule is CO[C@H]1C=C[C@@]23O[C@@H]2CN2CCCc4cc5c(cc4[C@@]23C1)OCO5. The summed E-state index contributed by atoms with van der Waals surface area (Å²) in [6, 6.07) is 4.41. The minimum Gasteiger partial charge on any atom is -0.454 e. The fourth-order valence-electron chi connectivity index (χ4n) is 5.49. The normalized spacial score (nSPS) is 41.2. The Balaban J connectivity index is 1.61. The van der Waals surface area contributed by atoms with Crippen LogP contribution in [0.3, 0.4) is 0 Å². The van der Waals surface area contributed by atoms with E-state index in [1.165, 1.54) is 17.5 Å². The Morgan fingerprint density at radius 3 is 3.00 bits per heavy atom. The molecule has 24 heavy (non-hydrogen) atoms. The molecule has 4 aliphatic heterocycles. The van der Waals surface area contributed by atoms with E-state index in [4.69, 9.17) is 18.9 Å². The number of ether oxygens (including phenoxy) is 4. The molecule has 126 valence electrons. The maximum atomic E-state index is 6.27. The first-order valence-electron chi connectivity index (χ1n) is 8.85. The fourth-order valence-corrected chi connectivity index (χ4v) is 5.49. The number of hydrogen-bond acceptors (Lipinski definition) is 5. The average Bonchev–Trinajstić information content (AvgIpc) is 3.02.